The molecule has 0 aromatic heterocycles. The van der Waals surface area contributed by atoms with Gasteiger partial charge in [-0.05, 0) is 38.1 Å². The number of rotatable bonds is 4. The Hall–Kier alpha value is -1.16. The molecule has 1 aliphatic heterocycles. The van der Waals surface area contributed by atoms with E-state index >= 15 is 0 Å². The lowest BCUT2D eigenvalue weighted by atomic mass is 10.1. The average Bonchev–Trinajstić information content (AvgIpc) is 2.49. The Morgan fingerprint density at radius 2 is 1.74 bits per heavy atom. The van der Waals surface area contributed by atoms with E-state index in [0.29, 0.717) is 0 Å². The molecule has 0 saturated carbocycles. The molecule has 0 radical (unpaired) electrons. The molecule has 1 saturated heterocycles. The summed E-state index contributed by atoms with van der Waals surface area (Å²) < 4.78 is 0. The highest BCUT2D eigenvalue weighted by Gasteiger charge is 2.18. The van der Waals surface area contributed by atoms with Crippen LogP contribution in [0.5, 0.6) is 0 Å². The van der Waals surface area contributed by atoms with Crippen molar-refractivity contribution in [2.75, 3.05) is 42.6 Å². The largest absolute Gasteiger partial charge is 0.372 e. The average molecular weight is 278 g/mol. The standard InChI is InChI=1S/C15H22N2OS/c1-3-16(4-2)14-7-5-13(6-8-14)15(18)17-9-11-19-12-10-17/h5-8H,3-4,9-12H2,1-2H3. The Morgan fingerprint density at radius 3 is 2.26 bits per heavy atom. The number of nitrogens with zero attached hydrogens (tertiary/aromatic N) is 2. The van der Waals surface area contributed by atoms with Crippen molar-refractivity contribution in [1.82, 2.24) is 4.90 Å². The first kappa shape index (κ1) is 14.3. The Labute approximate surface area is 120 Å². The number of thioether (sulfide) groups is 1. The molecule has 2 rings (SSSR count). The van der Waals surface area contributed by atoms with Gasteiger partial charge >= 0.3 is 0 Å². The number of hydrogen-bond acceptors (Lipinski definition) is 3. The highest BCUT2D eigenvalue weighted by Crippen LogP contribution is 2.17. The molecular formula is C15H22N2OS. The fourth-order valence-corrected chi connectivity index (χ4v) is 3.26. The predicted octanol–water partition coefficient (Wildman–Crippen LogP) is 2.72. The molecule has 0 bridgehead atoms. The summed E-state index contributed by atoms with van der Waals surface area (Å²) in [5.74, 6) is 2.29. The zero-order valence-electron chi connectivity index (χ0n) is 11.8. The molecule has 1 aromatic carbocycles. The highest BCUT2D eigenvalue weighted by atomic mass is 32.2. The molecule has 104 valence electrons. The van der Waals surface area contributed by atoms with Gasteiger partial charge in [-0.3, -0.25) is 4.79 Å². The summed E-state index contributed by atoms with van der Waals surface area (Å²) in [6.45, 7) is 8.03. The number of benzene rings is 1. The van der Waals surface area contributed by atoms with Gasteiger partial charge in [0, 0.05) is 48.9 Å². The third-order valence-electron chi connectivity index (χ3n) is 3.54. The van der Waals surface area contributed by atoms with E-state index in [4.69, 9.17) is 0 Å². The number of hydrogen-bond donors (Lipinski definition) is 0. The quantitative estimate of drug-likeness (QED) is 0.846. The number of amides is 1. The summed E-state index contributed by atoms with van der Waals surface area (Å²) in [6.07, 6.45) is 0. The second kappa shape index (κ2) is 6.85. The highest BCUT2D eigenvalue weighted by molar-refractivity contribution is 7.99. The minimum absolute atomic E-state index is 0.173. The van der Waals surface area contributed by atoms with Crippen molar-refractivity contribution in [3.63, 3.8) is 0 Å². The Bertz CT molecular complexity index is 409. The smallest absolute Gasteiger partial charge is 0.253 e. The summed E-state index contributed by atoms with van der Waals surface area (Å²) in [4.78, 5) is 16.6. The molecule has 0 aliphatic carbocycles. The van der Waals surface area contributed by atoms with Crippen LogP contribution in [0.15, 0.2) is 24.3 Å². The molecule has 1 amide bonds. The second-order valence-electron chi connectivity index (χ2n) is 4.62. The van der Waals surface area contributed by atoms with E-state index in [9.17, 15) is 4.79 Å². The second-order valence-corrected chi connectivity index (χ2v) is 5.85. The maximum Gasteiger partial charge on any atom is 0.253 e. The summed E-state index contributed by atoms with van der Waals surface area (Å²) in [5, 5.41) is 0. The fraction of sp³-hybridized carbons (Fsp3) is 0.533. The third-order valence-corrected chi connectivity index (χ3v) is 4.48. The van der Waals surface area contributed by atoms with Crippen LogP contribution in [0.4, 0.5) is 5.69 Å². The van der Waals surface area contributed by atoms with Crippen LogP contribution in [-0.2, 0) is 0 Å². The van der Waals surface area contributed by atoms with Crippen LogP contribution >= 0.6 is 11.8 Å². The van der Waals surface area contributed by atoms with Crippen LogP contribution in [0.1, 0.15) is 24.2 Å². The zero-order chi connectivity index (χ0) is 13.7. The van der Waals surface area contributed by atoms with Gasteiger partial charge in [-0.1, -0.05) is 0 Å². The maximum absolute atomic E-state index is 12.3. The van der Waals surface area contributed by atoms with Crippen molar-refractivity contribution in [3.8, 4) is 0 Å². The van der Waals surface area contributed by atoms with Gasteiger partial charge < -0.3 is 9.80 Å². The van der Waals surface area contributed by atoms with E-state index in [1.54, 1.807) is 0 Å². The molecule has 3 nitrogen and oxygen atoms in total. The molecule has 1 heterocycles. The summed E-state index contributed by atoms with van der Waals surface area (Å²) >= 11 is 1.92. The minimum Gasteiger partial charge on any atom is -0.372 e. The molecule has 0 spiro atoms. The Kier molecular flexibility index (Phi) is 5.14. The molecule has 0 N–H and O–H groups in total. The Balaban J connectivity index is 2.06. The first-order valence-electron chi connectivity index (χ1n) is 6.98. The van der Waals surface area contributed by atoms with Gasteiger partial charge in [0.2, 0.25) is 0 Å². The lowest BCUT2D eigenvalue weighted by Gasteiger charge is -2.27. The van der Waals surface area contributed by atoms with Crippen molar-refractivity contribution < 1.29 is 4.79 Å². The predicted molar refractivity (Wildman–Crippen MR) is 83.2 cm³/mol. The molecular weight excluding hydrogens is 256 g/mol. The van der Waals surface area contributed by atoms with Crippen LogP contribution in [0.2, 0.25) is 0 Å². The minimum atomic E-state index is 0.173. The van der Waals surface area contributed by atoms with E-state index in [2.05, 4.69) is 30.9 Å². The monoisotopic (exact) mass is 278 g/mol. The maximum atomic E-state index is 12.3. The SMILES string of the molecule is CCN(CC)c1ccc(C(=O)N2CCSCC2)cc1. The summed E-state index contributed by atoms with van der Waals surface area (Å²) in [7, 11) is 0. The van der Waals surface area contributed by atoms with Gasteiger partial charge in [0.05, 0.1) is 0 Å². The summed E-state index contributed by atoms with van der Waals surface area (Å²) in [6, 6.07) is 8.02. The number of anilines is 1. The van der Waals surface area contributed by atoms with Gasteiger partial charge in [-0.2, -0.15) is 11.8 Å². The van der Waals surface area contributed by atoms with Gasteiger partial charge in [-0.25, -0.2) is 0 Å². The first-order valence-corrected chi connectivity index (χ1v) is 8.13. The van der Waals surface area contributed by atoms with Crippen LogP contribution in [0.25, 0.3) is 0 Å². The van der Waals surface area contributed by atoms with E-state index in [0.717, 1.165) is 43.2 Å². The summed E-state index contributed by atoms with van der Waals surface area (Å²) in [5.41, 5.74) is 2.00. The van der Waals surface area contributed by atoms with Crippen LogP contribution < -0.4 is 4.90 Å². The molecule has 19 heavy (non-hydrogen) atoms. The van der Waals surface area contributed by atoms with E-state index in [-0.39, 0.29) is 5.91 Å². The topological polar surface area (TPSA) is 23.6 Å². The molecule has 1 aromatic rings. The molecule has 0 unspecified atom stereocenters. The lowest BCUT2D eigenvalue weighted by Crippen LogP contribution is -2.37. The lowest BCUT2D eigenvalue weighted by molar-refractivity contribution is 0.0772. The van der Waals surface area contributed by atoms with Crippen LogP contribution in [-0.4, -0.2) is 48.5 Å². The van der Waals surface area contributed by atoms with Gasteiger partial charge in [-0.15, -0.1) is 0 Å². The Morgan fingerprint density at radius 1 is 1.16 bits per heavy atom. The molecule has 1 aliphatic rings. The zero-order valence-corrected chi connectivity index (χ0v) is 12.6. The van der Waals surface area contributed by atoms with Crippen LogP contribution in [0, 0.1) is 0 Å². The van der Waals surface area contributed by atoms with Gasteiger partial charge in [0.1, 0.15) is 0 Å². The van der Waals surface area contributed by atoms with Crippen molar-refractivity contribution in [3.05, 3.63) is 29.8 Å². The van der Waals surface area contributed by atoms with Crippen LogP contribution in [0.3, 0.4) is 0 Å². The number of carbonyl (C=O) groups is 1. The van der Waals surface area contributed by atoms with Crippen molar-refractivity contribution in [2.24, 2.45) is 0 Å². The fourth-order valence-electron chi connectivity index (χ4n) is 2.35. The van der Waals surface area contributed by atoms with Crippen molar-refractivity contribution in [2.45, 2.75) is 13.8 Å². The van der Waals surface area contributed by atoms with Crippen molar-refractivity contribution in [1.29, 1.82) is 0 Å². The van der Waals surface area contributed by atoms with Crippen molar-refractivity contribution >= 4 is 23.4 Å². The van der Waals surface area contributed by atoms with E-state index < -0.39 is 0 Å². The molecule has 4 heteroatoms. The van der Waals surface area contributed by atoms with Gasteiger partial charge in [0.25, 0.3) is 5.91 Å². The van der Waals surface area contributed by atoms with E-state index in [1.165, 1.54) is 5.69 Å². The third kappa shape index (κ3) is 3.44. The normalized spacial score (nSPS) is 15.4. The molecule has 0 atom stereocenters. The first-order chi connectivity index (χ1) is 9.26. The van der Waals surface area contributed by atoms with E-state index in [1.807, 2.05) is 28.8 Å². The van der Waals surface area contributed by atoms with Gasteiger partial charge in [0.15, 0.2) is 0 Å². The number of carbonyl (C=O) groups excluding carboxylic acids is 1. The molecule has 1 fully saturated rings.